The quantitative estimate of drug-likeness (QED) is 0.542. The molecule has 0 saturated carbocycles. The van der Waals surface area contributed by atoms with Crippen molar-refractivity contribution in [2.75, 3.05) is 5.32 Å². The van der Waals surface area contributed by atoms with Crippen molar-refractivity contribution >= 4 is 22.8 Å². The van der Waals surface area contributed by atoms with Gasteiger partial charge in [0.25, 0.3) is 0 Å². The number of anilines is 1. The lowest BCUT2D eigenvalue weighted by atomic mass is 10.1. The molecule has 0 aliphatic rings. The largest absolute Gasteiger partial charge is 0.366 e. The van der Waals surface area contributed by atoms with E-state index in [9.17, 15) is 13.6 Å². The van der Waals surface area contributed by atoms with Gasteiger partial charge in [-0.2, -0.15) is 4.98 Å². The van der Waals surface area contributed by atoms with E-state index in [1.54, 1.807) is 29.7 Å². The second-order valence-corrected chi connectivity index (χ2v) is 6.46. The van der Waals surface area contributed by atoms with Crippen molar-refractivity contribution in [2.45, 2.75) is 13.5 Å². The molecule has 29 heavy (non-hydrogen) atoms. The fourth-order valence-corrected chi connectivity index (χ4v) is 3.18. The Kier molecular flexibility index (Phi) is 4.63. The van der Waals surface area contributed by atoms with Crippen LogP contribution in [-0.4, -0.2) is 25.4 Å². The second kappa shape index (κ2) is 7.27. The van der Waals surface area contributed by atoms with Crippen molar-refractivity contribution in [2.24, 2.45) is 5.73 Å². The zero-order chi connectivity index (χ0) is 20.5. The number of amides is 1. The first-order valence-corrected chi connectivity index (χ1v) is 8.71. The molecule has 1 amide bonds. The third-order valence-corrected chi connectivity index (χ3v) is 4.43. The molecule has 0 aliphatic carbocycles. The minimum atomic E-state index is -0.722. The van der Waals surface area contributed by atoms with E-state index in [0.717, 1.165) is 11.6 Å². The van der Waals surface area contributed by atoms with Gasteiger partial charge in [-0.25, -0.2) is 18.7 Å². The van der Waals surface area contributed by atoms with Gasteiger partial charge < -0.3 is 11.1 Å². The zero-order valence-corrected chi connectivity index (χ0v) is 15.4. The number of nitrogens with zero attached hydrogens (tertiary/aromatic N) is 4. The SMILES string of the molecule is Cc1cc2c(C(N)=O)cc(F)cc2n1-c1ncnc(NCc2cccc(F)c2)n1. The molecule has 4 rings (SSSR count). The smallest absolute Gasteiger partial charge is 0.249 e. The average molecular weight is 394 g/mol. The number of hydrogen-bond donors (Lipinski definition) is 2. The number of halogens is 2. The molecule has 2 aromatic heterocycles. The van der Waals surface area contributed by atoms with Crippen molar-refractivity contribution in [1.82, 2.24) is 19.5 Å². The van der Waals surface area contributed by atoms with Crippen molar-refractivity contribution in [1.29, 1.82) is 0 Å². The average Bonchev–Trinajstić information content (AvgIpc) is 3.01. The minimum Gasteiger partial charge on any atom is -0.366 e. The van der Waals surface area contributed by atoms with Crippen LogP contribution in [0.1, 0.15) is 21.6 Å². The fraction of sp³-hybridized carbons (Fsp3) is 0.100. The molecule has 4 aromatic rings. The molecule has 0 saturated heterocycles. The van der Waals surface area contributed by atoms with E-state index in [4.69, 9.17) is 5.73 Å². The van der Waals surface area contributed by atoms with Gasteiger partial charge in [-0.05, 0) is 42.8 Å². The highest BCUT2D eigenvalue weighted by Crippen LogP contribution is 2.27. The maximum absolute atomic E-state index is 14.1. The topological polar surface area (TPSA) is 98.7 Å². The molecule has 9 heteroatoms. The standard InChI is InChI=1S/C20H16F2N6O/c1-11-5-15-16(18(23)29)7-14(22)8-17(15)28(11)20-26-10-25-19(27-20)24-9-12-3-2-4-13(21)6-12/h2-8,10H,9H2,1H3,(H2,23,29)(H,24,25,26,27). The number of primary amides is 1. The summed E-state index contributed by atoms with van der Waals surface area (Å²) >= 11 is 0. The van der Waals surface area contributed by atoms with Gasteiger partial charge >= 0.3 is 0 Å². The predicted octanol–water partition coefficient (Wildman–Crippen LogP) is 3.11. The van der Waals surface area contributed by atoms with E-state index in [1.807, 2.05) is 0 Å². The molecular weight excluding hydrogens is 378 g/mol. The van der Waals surface area contributed by atoms with Gasteiger partial charge in [-0.1, -0.05) is 12.1 Å². The predicted molar refractivity (Wildman–Crippen MR) is 104 cm³/mol. The maximum atomic E-state index is 14.1. The Labute approximate surface area is 164 Å². The van der Waals surface area contributed by atoms with E-state index in [0.29, 0.717) is 23.1 Å². The molecule has 0 bridgehead atoms. The lowest BCUT2D eigenvalue weighted by Gasteiger charge is -2.09. The molecule has 0 fully saturated rings. The number of benzene rings is 2. The van der Waals surface area contributed by atoms with Crippen LogP contribution < -0.4 is 11.1 Å². The third kappa shape index (κ3) is 3.62. The summed E-state index contributed by atoms with van der Waals surface area (Å²) in [6, 6.07) is 10.3. The highest BCUT2D eigenvalue weighted by atomic mass is 19.1. The monoisotopic (exact) mass is 394 g/mol. The van der Waals surface area contributed by atoms with Crippen LogP contribution >= 0.6 is 0 Å². The van der Waals surface area contributed by atoms with Gasteiger partial charge in [0.2, 0.25) is 17.8 Å². The summed E-state index contributed by atoms with van der Waals surface area (Å²) in [5.74, 6) is -1.13. The summed E-state index contributed by atoms with van der Waals surface area (Å²) in [6.45, 7) is 2.10. The molecule has 7 nitrogen and oxygen atoms in total. The van der Waals surface area contributed by atoms with Crippen molar-refractivity contribution in [3.63, 3.8) is 0 Å². The lowest BCUT2D eigenvalue weighted by Crippen LogP contribution is -2.12. The van der Waals surface area contributed by atoms with Crippen LogP contribution in [0.2, 0.25) is 0 Å². The minimum absolute atomic E-state index is 0.0837. The van der Waals surface area contributed by atoms with Crippen molar-refractivity contribution < 1.29 is 13.6 Å². The van der Waals surface area contributed by atoms with Crippen LogP contribution in [0.4, 0.5) is 14.7 Å². The molecule has 146 valence electrons. The maximum Gasteiger partial charge on any atom is 0.249 e. The highest BCUT2D eigenvalue weighted by molar-refractivity contribution is 6.06. The molecule has 0 aliphatic heterocycles. The number of nitrogens with two attached hydrogens (primary N) is 1. The van der Waals surface area contributed by atoms with E-state index >= 15 is 0 Å². The number of aromatic nitrogens is 4. The molecular formula is C20H16F2N6O. The molecule has 0 unspecified atom stereocenters. The first-order chi connectivity index (χ1) is 13.9. The molecule has 0 spiro atoms. The summed E-state index contributed by atoms with van der Waals surface area (Å²) < 4.78 is 29.0. The summed E-state index contributed by atoms with van der Waals surface area (Å²) in [7, 11) is 0. The molecule has 0 atom stereocenters. The van der Waals surface area contributed by atoms with Gasteiger partial charge in [0.05, 0.1) is 11.1 Å². The van der Waals surface area contributed by atoms with Crippen LogP contribution in [0.25, 0.3) is 16.9 Å². The Hall–Kier alpha value is -3.88. The van der Waals surface area contributed by atoms with Crippen LogP contribution in [0.15, 0.2) is 48.8 Å². The Morgan fingerprint density at radius 1 is 1.14 bits per heavy atom. The zero-order valence-electron chi connectivity index (χ0n) is 15.4. The first kappa shape index (κ1) is 18.5. The van der Waals surface area contributed by atoms with Crippen LogP contribution in [0, 0.1) is 18.6 Å². The van der Waals surface area contributed by atoms with E-state index < -0.39 is 11.7 Å². The van der Waals surface area contributed by atoms with Gasteiger partial charge in [0.1, 0.15) is 18.0 Å². The number of carbonyl (C=O) groups excluding carboxylic acids is 1. The van der Waals surface area contributed by atoms with Gasteiger partial charge in [-0.3, -0.25) is 9.36 Å². The van der Waals surface area contributed by atoms with Crippen LogP contribution in [-0.2, 0) is 6.54 Å². The van der Waals surface area contributed by atoms with E-state index in [-0.39, 0.29) is 23.3 Å². The number of fused-ring (bicyclic) bond motifs is 1. The Balaban J connectivity index is 1.72. The van der Waals surface area contributed by atoms with Crippen LogP contribution in [0.5, 0.6) is 0 Å². The van der Waals surface area contributed by atoms with Gasteiger partial charge in [-0.15, -0.1) is 0 Å². The molecule has 2 heterocycles. The van der Waals surface area contributed by atoms with Crippen LogP contribution in [0.3, 0.4) is 0 Å². The van der Waals surface area contributed by atoms with Crippen molar-refractivity contribution in [3.05, 3.63) is 77.2 Å². The van der Waals surface area contributed by atoms with Crippen molar-refractivity contribution in [3.8, 4) is 5.95 Å². The number of hydrogen-bond acceptors (Lipinski definition) is 5. The normalized spacial score (nSPS) is 11.0. The summed E-state index contributed by atoms with van der Waals surface area (Å²) in [6.07, 6.45) is 1.32. The van der Waals surface area contributed by atoms with E-state index in [1.165, 1.54) is 24.5 Å². The third-order valence-electron chi connectivity index (χ3n) is 4.43. The lowest BCUT2D eigenvalue weighted by molar-refractivity contribution is 0.100. The number of nitrogens with one attached hydrogen (secondary N) is 1. The molecule has 0 radical (unpaired) electrons. The van der Waals surface area contributed by atoms with Gasteiger partial charge in [0.15, 0.2) is 0 Å². The summed E-state index contributed by atoms with van der Waals surface area (Å²) in [5.41, 5.74) is 7.30. The Morgan fingerprint density at radius 3 is 2.72 bits per heavy atom. The Bertz CT molecular complexity index is 1240. The molecule has 2 aromatic carbocycles. The number of carbonyl (C=O) groups is 1. The number of rotatable bonds is 5. The summed E-state index contributed by atoms with van der Waals surface area (Å²) in [4.78, 5) is 24.3. The first-order valence-electron chi connectivity index (χ1n) is 8.71. The molecule has 3 N–H and O–H groups in total. The van der Waals surface area contributed by atoms with Gasteiger partial charge in [0, 0.05) is 17.6 Å². The summed E-state index contributed by atoms with van der Waals surface area (Å²) in [5, 5.41) is 3.51. The fourth-order valence-electron chi connectivity index (χ4n) is 3.18. The van der Waals surface area contributed by atoms with E-state index in [2.05, 4.69) is 20.3 Å². The highest BCUT2D eigenvalue weighted by Gasteiger charge is 2.17. The Morgan fingerprint density at radius 2 is 1.97 bits per heavy atom. The second-order valence-electron chi connectivity index (χ2n) is 6.46. The number of aryl methyl sites for hydroxylation is 1.